The Morgan fingerprint density at radius 2 is 1.63 bits per heavy atom. The summed E-state index contributed by atoms with van der Waals surface area (Å²) in [5.41, 5.74) is -13.1. The average Bonchev–Trinajstić information content (AvgIpc) is 2.82. The molecule has 150 valence electrons. The lowest BCUT2D eigenvalue weighted by molar-refractivity contribution is -0.366. The Balaban J connectivity index is 1.97. The Morgan fingerprint density at radius 3 is 2.19 bits per heavy atom. The smallest absolute Gasteiger partial charge is 0.196 e. The fraction of sp³-hybridized carbons (Fsp3) is 0.850. The van der Waals surface area contributed by atoms with Crippen LogP contribution in [0.4, 0.5) is 0 Å². The number of rotatable bonds is 1. The lowest BCUT2D eigenvalue weighted by Gasteiger charge is -2.59. The molecule has 8 unspecified atom stereocenters. The van der Waals surface area contributed by atoms with Gasteiger partial charge < -0.3 is 30.3 Å². The molecule has 6 aliphatic rings. The van der Waals surface area contributed by atoms with Crippen molar-refractivity contribution < 1.29 is 35.1 Å². The van der Waals surface area contributed by atoms with Crippen LogP contribution in [0.3, 0.4) is 0 Å². The van der Waals surface area contributed by atoms with Gasteiger partial charge in [0.25, 0.3) is 0 Å². The Bertz CT molecular complexity index is 853. The molecule has 2 aliphatic heterocycles. The van der Waals surface area contributed by atoms with Crippen molar-refractivity contribution in [2.24, 2.45) is 16.7 Å². The summed E-state index contributed by atoms with van der Waals surface area (Å²) in [5.74, 6) is -3.16. The molecule has 0 radical (unpaired) electrons. The molecule has 6 rings (SSSR count). The van der Waals surface area contributed by atoms with E-state index in [1.54, 1.807) is 33.8 Å². The Kier molecular flexibility index (Phi) is 2.65. The van der Waals surface area contributed by atoms with Crippen molar-refractivity contribution in [2.75, 3.05) is 0 Å². The first-order chi connectivity index (χ1) is 12.1. The topological polar surface area (TPSA) is 127 Å². The third-order valence-electron chi connectivity index (χ3n) is 9.66. The molecule has 0 aromatic heterocycles. The second kappa shape index (κ2) is 3.93. The van der Waals surface area contributed by atoms with Gasteiger partial charge in [0.05, 0.1) is 11.0 Å². The van der Waals surface area contributed by atoms with Crippen LogP contribution in [0.5, 0.6) is 0 Å². The second-order valence-electron chi connectivity index (χ2n) is 10.3. The molecule has 0 aromatic rings. The largest absolute Gasteiger partial charge is 0.389 e. The van der Waals surface area contributed by atoms with Crippen LogP contribution >= 0.6 is 0 Å². The summed E-state index contributed by atoms with van der Waals surface area (Å²) in [4.78, 5) is 13.4. The fourth-order valence-electron chi connectivity index (χ4n) is 8.03. The van der Waals surface area contributed by atoms with Gasteiger partial charge in [0.2, 0.25) is 0 Å². The number of ether oxygens (including phenoxy) is 1. The lowest BCUT2D eigenvalue weighted by atomic mass is 9.52. The first kappa shape index (κ1) is 18.2. The highest BCUT2D eigenvalue weighted by Crippen LogP contribution is 2.89. The van der Waals surface area contributed by atoms with E-state index < -0.39 is 56.3 Å². The molecule has 2 heterocycles. The molecule has 6 bridgehead atoms. The average molecular weight is 380 g/mol. The van der Waals surface area contributed by atoms with E-state index in [1.165, 1.54) is 6.92 Å². The summed E-state index contributed by atoms with van der Waals surface area (Å²) in [7, 11) is 0. The van der Waals surface area contributed by atoms with Crippen LogP contribution in [0, 0.1) is 16.7 Å². The molecule has 2 saturated heterocycles. The van der Waals surface area contributed by atoms with E-state index in [0.717, 1.165) is 0 Å². The van der Waals surface area contributed by atoms with Crippen LogP contribution in [0.2, 0.25) is 0 Å². The van der Waals surface area contributed by atoms with Gasteiger partial charge in [0.15, 0.2) is 17.2 Å². The Hall–Kier alpha value is -0.830. The SMILES string of the molecule is CC1=CCC2(O)C3(C)CC4(O)OC2(C1=O)C1(O)C3(O)CC(O)(C(C)C)C41C. The highest BCUT2D eigenvalue weighted by atomic mass is 16.7. The maximum absolute atomic E-state index is 13.4. The summed E-state index contributed by atoms with van der Waals surface area (Å²) in [6, 6.07) is 0. The van der Waals surface area contributed by atoms with Crippen molar-refractivity contribution in [1.82, 2.24) is 0 Å². The van der Waals surface area contributed by atoms with Gasteiger partial charge in [-0.05, 0) is 31.8 Å². The zero-order valence-electron chi connectivity index (χ0n) is 16.3. The predicted molar refractivity (Wildman–Crippen MR) is 92.2 cm³/mol. The molecular formula is C20H28O7. The number of hydrogen-bond acceptors (Lipinski definition) is 7. The maximum Gasteiger partial charge on any atom is 0.196 e. The summed E-state index contributed by atoms with van der Waals surface area (Å²) in [6.07, 6.45) is 1.15. The van der Waals surface area contributed by atoms with E-state index in [4.69, 9.17) is 4.74 Å². The van der Waals surface area contributed by atoms with Gasteiger partial charge in [-0.3, -0.25) is 4.79 Å². The first-order valence-corrected chi connectivity index (χ1v) is 9.64. The van der Waals surface area contributed by atoms with E-state index in [-0.39, 0.29) is 19.3 Å². The van der Waals surface area contributed by atoms with Crippen LogP contribution < -0.4 is 0 Å². The summed E-state index contributed by atoms with van der Waals surface area (Å²) >= 11 is 0. The Labute approximate surface area is 157 Å². The van der Waals surface area contributed by atoms with Crippen LogP contribution in [0.15, 0.2) is 11.6 Å². The Morgan fingerprint density at radius 1 is 1.04 bits per heavy atom. The number of aliphatic hydroxyl groups is 5. The zero-order chi connectivity index (χ0) is 20.3. The van der Waals surface area contributed by atoms with Crippen LogP contribution in [0.1, 0.15) is 53.9 Å². The molecule has 0 amide bonds. The van der Waals surface area contributed by atoms with Crippen molar-refractivity contribution >= 4 is 5.78 Å². The minimum absolute atomic E-state index is 0.0119. The second-order valence-corrected chi connectivity index (χ2v) is 10.3. The normalized spacial score (nSPS) is 65.9. The molecule has 7 heteroatoms. The number of ketones is 1. The van der Waals surface area contributed by atoms with E-state index >= 15 is 0 Å². The third-order valence-corrected chi connectivity index (χ3v) is 9.66. The molecule has 0 aromatic carbocycles. The van der Waals surface area contributed by atoms with Crippen molar-refractivity contribution in [1.29, 1.82) is 0 Å². The molecule has 4 aliphatic carbocycles. The lowest BCUT2D eigenvalue weighted by Crippen LogP contribution is -2.73. The number of carbonyl (C=O) groups is 1. The minimum atomic E-state index is -2.35. The number of Topliss-reactive ketones (excluding diaryl/α,β-unsaturated/α-hetero) is 1. The van der Waals surface area contributed by atoms with Gasteiger partial charge in [-0.1, -0.05) is 26.8 Å². The quantitative estimate of drug-likeness (QED) is 0.425. The summed E-state index contributed by atoms with van der Waals surface area (Å²) in [6.45, 7) is 8.12. The summed E-state index contributed by atoms with van der Waals surface area (Å²) < 4.78 is 5.98. The van der Waals surface area contributed by atoms with Crippen molar-refractivity contribution in [3.8, 4) is 0 Å². The van der Waals surface area contributed by atoms with E-state index in [2.05, 4.69) is 0 Å². The highest BCUT2D eigenvalue weighted by molar-refractivity contribution is 6.07. The van der Waals surface area contributed by atoms with Crippen LogP contribution in [0.25, 0.3) is 0 Å². The number of carbonyl (C=O) groups excluding carboxylic acids is 1. The molecule has 27 heavy (non-hydrogen) atoms. The maximum atomic E-state index is 13.4. The van der Waals surface area contributed by atoms with Crippen LogP contribution in [-0.4, -0.2) is 65.1 Å². The van der Waals surface area contributed by atoms with Gasteiger partial charge >= 0.3 is 0 Å². The molecule has 1 spiro atoms. The van der Waals surface area contributed by atoms with Gasteiger partial charge in [-0.2, -0.15) is 0 Å². The minimum Gasteiger partial charge on any atom is -0.389 e. The number of hydrogen-bond donors (Lipinski definition) is 5. The third kappa shape index (κ3) is 1.09. The van der Waals surface area contributed by atoms with Crippen molar-refractivity contribution in [3.63, 3.8) is 0 Å². The van der Waals surface area contributed by atoms with Crippen molar-refractivity contribution in [2.45, 2.75) is 87.7 Å². The molecule has 5 fully saturated rings. The molecule has 8 atom stereocenters. The van der Waals surface area contributed by atoms with Gasteiger partial charge in [-0.25, -0.2) is 0 Å². The molecular weight excluding hydrogens is 352 g/mol. The molecule has 3 saturated carbocycles. The summed E-state index contributed by atoms with van der Waals surface area (Å²) in [5, 5.41) is 59.3. The van der Waals surface area contributed by atoms with Gasteiger partial charge in [-0.15, -0.1) is 0 Å². The fourth-order valence-corrected chi connectivity index (χ4v) is 8.03. The van der Waals surface area contributed by atoms with Crippen molar-refractivity contribution in [3.05, 3.63) is 11.6 Å². The molecule has 5 N–H and O–H groups in total. The standard InChI is InChI=1S/C20H28O7/c1-10(2)15(22)9-17(24)13(4)8-18(25)14(15,5)20(17,26)19(27-18)12(21)11(3)6-7-16(13,19)23/h6,10,22-26H,7-9H2,1-5H3. The van der Waals surface area contributed by atoms with Crippen LogP contribution in [-0.2, 0) is 9.53 Å². The van der Waals surface area contributed by atoms with E-state index in [0.29, 0.717) is 5.57 Å². The monoisotopic (exact) mass is 380 g/mol. The zero-order valence-corrected chi connectivity index (χ0v) is 16.3. The van der Waals surface area contributed by atoms with Gasteiger partial charge in [0.1, 0.15) is 16.8 Å². The van der Waals surface area contributed by atoms with E-state index in [9.17, 15) is 30.3 Å². The highest BCUT2D eigenvalue weighted by Gasteiger charge is 3.07. The van der Waals surface area contributed by atoms with E-state index in [1.807, 2.05) is 0 Å². The predicted octanol–water partition coefficient (Wildman–Crippen LogP) is -0.223. The molecule has 7 nitrogen and oxygen atoms in total. The van der Waals surface area contributed by atoms with Gasteiger partial charge in [0, 0.05) is 18.3 Å². The first-order valence-electron chi connectivity index (χ1n) is 9.64.